The Bertz CT molecular complexity index is 424. The molecule has 1 aromatic rings. The Morgan fingerprint density at radius 2 is 2.33 bits per heavy atom. The van der Waals surface area contributed by atoms with Gasteiger partial charge in [0, 0.05) is 25.1 Å². The molecule has 2 rings (SSSR count). The third-order valence-corrected chi connectivity index (χ3v) is 3.65. The first-order chi connectivity index (χ1) is 8.64. The lowest BCUT2D eigenvalue weighted by atomic mass is 9.86. The summed E-state index contributed by atoms with van der Waals surface area (Å²) in [5.41, 5.74) is 0.561. The molecule has 2 atom stereocenters. The Balaban J connectivity index is 2.38. The monoisotopic (exact) mass is 253 g/mol. The van der Waals surface area contributed by atoms with E-state index in [0.29, 0.717) is 6.61 Å². The Morgan fingerprint density at radius 1 is 1.56 bits per heavy atom. The molecule has 1 aromatic carbocycles. The molecule has 0 saturated carbocycles. The summed E-state index contributed by atoms with van der Waals surface area (Å²) in [4.78, 5) is 0. The number of methoxy groups -OCH3 is 1. The van der Waals surface area contributed by atoms with Gasteiger partial charge in [-0.2, -0.15) is 0 Å². The van der Waals surface area contributed by atoms with Gasteiger partial charge in [-0.05, 0) is 31.7 Å². The van der Waals surface area contributed by atoms with Crippen LogP contribution in [0.4, 0.5) is 4.39 Å². The van der Waals surface area contributed by atoms with Crippen LogP contribution in [0.5, 0.6) is 5.75 Å². The molecule has 0 amide bonds. The molecule has 0 saturated heterocycles. The van der Waals surface area contributed by atoms with Gasteiger partial charge >= 0.3 is 0 Å². The minimum atomic E-state index is -0.326. The van der Waals surface area contributed by atoms with Crippen LogP contribution >= 0.6 is 0 Å². The second-order valence-corrected chi connectivity index (χ2v) is 4.80. The van der Waals surface area contributed by atoms with E-state index in [0.717, 1.165) is 24.2 Å². The summed E-state index contributed by atoms with van der Waals surface area (Å²) in [5.74, 6) is 0.522. The Labute approximate surface area is 107 Å². The molecule has 0 radical (unpaired) electrons. The van der Waals surface area contributed by atoms with Crippen molar-refractivity contribution in [2.24, 2.45) is 0 Å². The molecule has 4 heteroatoms. The molecule has 1 N–H and O–H groups in total. The summed E-state index contributed by atoms with van der Waals surface area (Å²) in [7, 11) is 3.56. The van der Waals surface area contributed by atoms with Gasteiger partial charge in [0.05, 0.1) is 6.61 Å². The van der Waals surface area contributed by atoms with Crippen LogP contribution < -0.4 is 10.1 Å². The zero-order valence-corrected chi connectivity index (χ0v) is 11.1. The minimum Gasteiger partial charge on any atom is -0.484 e. The third kappa shape index (κ3) is 2.35. The van der Waals surface area contributed by atoms with Crippen LogP contribution in [0.1, 0.15) is 31.4 Å². The highest BCUT2D eigenvalue weighted by molar-refractivity contribution is 5.39. The highest BCUT2D eigenvalue weighted by atomic mass is 19.1. The molecule has 0 aromatic heterocycles. The van der Waals surface area contributed by atoms with E-state index >= 15 is 0 Å². The Hall–Kier alpha value is -1.13. The maximum Gasteiger partial charge on any atom is 0.134 e. The molecular formula is C14H20FNO2. The van der Waals surface area contributed by atoms with E-state index in [1.807, 2.05) is 7.05 Å². The molecule has 0 spiro atoms. The minimum absolute atomic E-state index is 0.0968. The lowest BCUT2D eigenvalue weighted by Gasteiger charge is -2.41. The Kier molecular flexibility index (Phi) is 3.88. The third-order valence-electron chi connectivity index (χ3n) is 3.65. The normalized spacial score (nSPS) is 26.6. The van der Waals surface area contributed by atoms with Gasteiger partial charge in [-0.3, -0.25) is 0 Å². The predicted octanol–water partition coefficient (Wildman–Crippen LogP) is 2.66. The largest absolute Gasteiger partial charge is 0.484 e. The van der Waals surface area contributed by atoms with Crippen molar-refractivity contribution in [1.29, 1.82) is 0 Å². The number of fused-ring (bicyclic) bond motifs is 1. The van der Waals surface area contributed by atoms with Crippen molar-refractivity contribution in [2.75, 3.05) is 20.8 Å². The SMILES string of the molecule is CCC1(COC)CC(NC)c2cc(F)ccc2O1. The van der Waals surface area contributed by atoms with Crippen LogP contribution in [-0.4, -0.2) is 26.4 Å². The van der Waals surface area contributed by atoms with Crippen LogP contribution in [0.25, 0.3) is 0 Å². The van der Waals surface area contributed by atoms with Gasteiger partial charge in [0.25, 0.3) is 0 Å². The van der Waals surface area contributed by atoms with E-state index < -0.39 is 0 Å². The fraction of sp³-hybridized carbons (Fsp3) is 0.571. The van der Waals surface area contributed by atoms with Crippen molar-refractivity contribution < 1.29 is 13.9 Å². The average molecular weight is 253 g/mol. The van der Waals surface area contributed by atoms with Crippen molar-refractivity contribution in [2.45, 2.75) is 31.4 Å². The molecule has 100 valence electrons. The van der Waals surface area contributed by atoms with Gasteiger partial charge in [-0.1, -0.05) is 6.92 Å². The number of ether oxygens (including phenoxy) is 2. The number of rotatable bonds is 4. The smallest absolute Gasteiger partial charge is 0.134 e. The molecule has 0 bridgehead atoms. The van der Waals surface area contributed by atoms with E-state index in [1.165, 1.54) is 6.07 Å². The van der Waals surface area contributed by atoms with Crippen molar-refractivity contribution in [3.05, 3.63) is 29.6 Å². The molecule has 0 fully saturated rings. The maximum atomic E-state index is 13.3. The van der Waals surface area contributed by atoms with Crippen LogP contribution in [0.3, 0.4) is 0 Å². The van der Waals surface area contributed by atoms with Crippen molar-refractivity contribution in [1.82, 2.24) is 5.32 Å². The summed E-state index contributed by atoms with van der Waals surface area (Å²) in [6, 6.07) is 4.78. The topological polar surface area (TPSA) is 30.5 Å². The van der Waals surface area contributed by atoms with Gasteiger partial charge in [0.15, 0.2) is 0 Å². The number of nitrogens with one attached hydrogen (secondary N) is 1. The Morgan fingerprint density at radius 3 is 2.94 bits per heavy atom. The van der Waals surface area contributed by atoms with Gasteiger partial charge in [0.1, 0.15) is 17.2 Å². The number of benzene rings is 1. The average Bonchev–Trinajstić information content (AvgIpc) is 2.38. The molecule has 18 heavy (non-hydrogen) atoms. The standard InChI is InChI=1S/C14H20FNO2/c1-4-14(9-17-3)8-12(16-2)11-7-10(15)5-6-13(11)18-14/h5-7,12,16H,4,8-9H2,1-3H3. The van der Waals surface area contributed by atoms with Gasteiger partial charge < -0.3 is 14.8 Å². The molecule has 1 aliphatic heterocycles. The fourth-order valence-electron chi connectivity index (χ4n) is 2.57. The van der Waals surface area contributed by atoms with Crippen molar-refractivity contribution in [3.8, 4) is 5.75 Å². The first-order valence-corrected chi connectivity index (χ1v) is 6.29. The molecule has 3 nitrogen and oxygen atoms in total. The van der Waals surface area contributed by atoms with E-state index in [2.05, 4.69) is 12.2 Å². The lowest BCUT2D eigenvalue weighted by Crippen LogP contribution is -2.46. The molecular weight excluding hydrogens is 233 g/mol. The highest BCUT2D eigenvalue weighted by Gasteiger charge is 2.39. The maximum absolute atomic E-state index is 13.3. The van der Waals surface area contributed by atoms with Gasteiger partial charge in [-0.25, -0.2) is 4.39 Å². The lowest BCUT2D eigenvalue weighted by molar-refractivity contribution is -0.0365. The summed E-state index contributed by atoms with van der Waals surface area (Å²) >= 11 is 0. The van der Waals surface area contributed by atoms with Crippen molar-refractivity contribution >= 4 is 0 Å². The first kappa shape index (κ1) is 13.3. The zero-order chi connectivity index (χ0) is 13.2. The number of halogens is 1. The molecule has 1 heterocycles. The van der Waals surface area contributed by atoms with E-state index in [-0.39, 0.29) is 17.5 Å². The van der Waals surface area contributed by atoms with Crippen LogP contribution in [-0.2, 0) is 4.74 Å². The molecule has 1 aliphatic rings. The van der Waals surface area contributed by atoms with Crippen LogP contribution in [0, 0.1) is 5.82 Å². The zero-order valence-electron chi connectivity index (χ0n) is 11.1. The first-order valence-electron chi connectivity index (χ1n) is 6.29. The molecule has 2 unspecified atom stereocenters. The highest BCUT2D eigenvalue weighted by Crippen LogP contribution is 2.41. The van der Waals surface area contributed by atoms with Gasteiger partial charge in [0.2, 0.25) is 0 Å². The fourth-order valence-corrected chi connectivity index (χ4v) is 2.57. The molecule has 0 aliphatic carbocycles. The van der Waals surface area contributed by atoms with E-state index in [9.17, 15) is 4.39 Å². The number of hydrogen-bond donors (Lipinski definition) is 1. The van der Waals surface area contributed by atoms with Crippen LogP contribution in [0.2, 0.25) is 0 Å². The van der Waals surface area contributed by atoms with Crippen LogP contribution in [0.15, 0.2) is 18.2 Å². The summed E-state index contributed by atoms with van der Waals surface area (Å²) in [6.45, 7) is 2.62. The van der Waals surface area contributed by atoms with Crippen molar-refractivity contribution in [3.63, 3.8) is 0 Å². The quantitative estimate of drug-likeness (QED) is 0.895. The number of hydrogen-bond acceptors (Lipinski definition) is 3. The van der Waals surface area contributed by atoms with E-state index in [1.54, 1.807) is 19.2 Å². The van der Waals surface area contributed by atoms with E-state index in [4.69, 9.17) is 9.47 Å². The summed E-state index contributed by atoms with van der Waals surface area (Å²) in [5, 5.41) is 3.23. The summed E-state index contributed by atoms with van der Waals surface area (Å²) < 4.78 is 24.7. The summed E-state index contributed by atoms with van der Waals surface area (Å²) in [6.07, 6.45) is 1.64. The van der Waals surface area contributed by atoms with Gasteiger partial charge in [-0.15, -0.1) is 0 Å². The second kappa shape index (κ2) is 5.24. The second-order valence-electron chi connectivity index (χ2n) is 4.80. The predicted molar refractivity (Wildman–Crippen MR) is 68.3 cm³/mol.